The van der Waals surface area contributed by atoms with E-state index in [1.54, 1.807) is 64.1 Å². The third kappa shape index (κ3) is 7.14. The van der Waals surface area contributed by atoms with Crippen molar-refractivity contribution in [2.75, 3.05) is 0 Å². The lowest BCUT2D eigenvalue weighted by Crippen LogP contribution is -2.28. The highest BCUT2D eigenvalue weighted by Gasteiger charge is 2.26. The minimum absolute atomic E-state index is 0.617. The maximum absolute atomic E-state index is 9.65. The number of benzene rings is 2. The van der Waals surface area contributed by atoms with Crippen LogP contribution in [0.2, 0.25) is 5.02 Å². The van der Waals surface area contributed by atoms with Gasteiger partial charge >= 0.3 is 0 Å². The fourth-order valence-electron chi connectivity index (χ4n) is 2.10. The van der Waals surface area contributed by atoms with Gasteiger partial charge in [-0.3, -0.25) is 0 Å². The highest BCUT2D eigenvalue weighted by molar-refractivity contribution is 6.30. The van der Waals surface area contributed by atoms with Crippen LogP contribution in [0.3, 0.4) is 0 Å². The van der Waals surface area contributed by atoms with Crippen molar-refractivity contribution >= 4 is 11.6 Å². The largest absolute Gasteiger partial charge is 0.387 e. The Morgan fingerprint density at radius 1 is 0.680 bits per heavy atom. The molecule has 0 radical (unpaired) electrons. The first-order chi connectivity index (χ1) is 11.4. The fraction of sp³-hybridized carbons (Fsp3) is 0.400. The number of hydrogen-bond donors (Lipinski definition) is 4. The Bertz CT molecular complexity index is 627. The van der Waals surface area contributed by atoms with Gasteiger partial charge in [0.1, 0.15) is 12.2 Å². The molecular weight excluding hydrogens is 340 g/mol. The normalized spacial score (nSPS) is 14.3. The van der Waals surface area contributed by atoms with Crippen LogP contribution in [-0.4, -0.2) is 31.6 Å². The zero-order valence-electron chi connectivity index (χ0n) is 15.0. The smallest absolute Gasteiger partial charge is 0.107 e. The molecule has 2 aromatic rings. The van der Waals surface area contributed by atoms with E-state index in [1.165, 1.54) is 0 Å². The van der Waals surface area contributed by atoms with Crippen molar-refractivity contribution < 1.29 is 20.4 Å². The van der Waals surface area contributed by atoms with E-state index in [1.807, 2.05) is 18.2 Å². The summed E-state index contributed by atoms with van der Waals surface area (Å²) in [4.78, 5) is 0. The second-order valence-corrected chi connectivity index (χ2v) is 7.51. The topological polar surface area (TPSA) is 80.9 Å². The van der Waals surface area contributed by atoms with Crippen LogP contribution in [0.15, 0.2) is 54.6 Å². The summed E-state index contributed by atoms with van der Waals surface area (Å²) in [5.41, 5.74) is -0.809. The molecule has 0 aliphatic rings. The number of aliphatic hydroxyl groups excluding tert-OH is 2. The fourth-order valence-corrected chi connectivity index (χ4v) is 2.22. The van der Waals surface area contributed by atoms with E-state index >= 15 is 0 Å². The Labute approximate surface area is 154 Å². The summed E-state index contributed by atoms with van der Waals surface area (Å²) in [5.74, 6) is 0. The highest BCUT2D eigenvalue weighted by atomic mass is 35.5. The van der Waals surface area contributed by atoms with Gasteiger partial charge in [0, 0.05) is 5.02 Å². The van der Waals surface area contributed by atoms with Gasteiger partial charge in [-0.2, -0.15) is 0 Å². The molecule has 0 fully saturated rings. The van der Waals surface area contributed by atoms with Gasteiger partial charge in [-0.25, -0.2) is 0 Å². The molecule has 2 atom stereocenters. The number of rotatable bonds is 4. The van der Waals surface area contributed by atoms with Crippen molar-refractivity contribution in [3.63, 3.8) is 0 Å². The predicted octanol–water partition coefficient (Wildman–Crippen LogP) is 3.64. The summed E-state index contributed by atoms with van der Waals surface area (Å²) in [6, 6.07) is 15.9. The predicted molar refractivity (Wildman–Crippen MR) is 100 cm³/mol. The average Bonchev–Trinajstić information content (AvgIpc) is 2.54. The minimum Gasteiger partial charge on any atom is -0.387 e. The maximum atomic E-state index is 9.65. The van der Waals surface area contributed by atoms with Crippen LogP contribution >= 0.6 is 11.6 Å². The van der Waals surface area contributed by atoms with E-state index in [4.69, 9.17) is 11.6 Å². The van der Waals surface area contributed by atoms with Crippen LogP contribution in [0.1, 0.15) is 51.0 Å². The second kappa shape index (κ2) is 8.79. The number of halogens is 1. The summed E-state index contributed by atoms with van der Waals surface area (Å²) in [6.45, 7) is 6.30. The van der Waals surface area contributed by atoms with Crippen LogP contribution in [0.5, 0.6) is 0 Å². The van der Waals surface area contributed by atoms with Gasteiger partial charge in [0.05, 0.1) is 11.2 Å². The minimum atomic E-state index is -1.13. The molecule has 0 bridgehead atoms. The van der Waals surface area contributed by atoms with Crippen molar-refractivity contribution in [3.8, 4) is 0 Å². The summed E-state index contributed by atoms with van der Waals surface area (Å²) in [7, 11) is 0. The molecule has 0 saturated heterocycles. The molecule has 0 saturated carbocycles. The SMILES string of the molecule is CC(C)(O)C(O)c1ccc(Cl)cc1.CC(C)(O)C(O)c1ccccc1. The lowest BCUT2D eigenvalue weighted by atomic mass is 9.95. The molecule has 4 nitrogen and oxygen atoms in total. The molecular formula is C20H27ClO4. The molecule has 0 heterocycles. The molecule has 2 unspecified atom stereocenters. The van der Waals surface area contributed by atoms with Gasteiger partial charge in [0.15, 0.2) is 0 Å². The van der Waals surface area contributed by atoms with E-state index < -0.39 is 23.4 Å². The summed E-state index contributed by atoms with van der Waals surface area (Å²) >= 11 is 5.69. The van der Waals surface area contributed by atoms with Crippen molar-refractivity contribution in [2.24, 2.45) is 0 Å². The van der Waals surface area contributed by atoms with Crippen molar-refractivity contribution in [1.82, 2.24) is 0 Å². The van der Waals surface area contributed by atoms with Gasteiger partial charge in [-0.15, -0.1) is 0 Å². The third-order valence-electron chi connectivity index (χ3n) is 3.64. The van der Waals surface area contributed by atoms with Crippen LogP contribution < -0.4 is 0 Å². The van der Waals surface area contributed by atoms with Crippen LogP contribution in [0.4, 0.5) is 0 Å². The van der Waals surface area contributed by atoms with E-state index in [2.05, 4.69) is 0 Å². The van der Waals surface area contributed by atoms with Gasteiger partial charge in [-0.1, -0.05) is 54.1 Å². The van der Waals surface area contributed by atoms with Gasteiger partial charge < -0.3 is 20.4 Å². The second-order valence-electron chi connectivity index (χ2n) is 7.07. The Morgan fingerprint density at radius 2 is 1.04 bits per heavy atom. The number of aliphatic hydroxyl groups is 4. The first-order valence-electron chi connectivity index (χ1n) is 8.04. The zero-order valence-corrected chi connectivity index (χ0v) is 15.8. The summed E-state index contributed by atoms with van der Waals surface area (Å²) in [6.07, 6.45) is -1.71. The lowest BCUT2D eigenvalue weighted by Gasteiger charge is -2.24. The van der Waals surface area contributed by atoms with E-state index in [9.17, 15) is 20.4 Å². The number of hydrogen-bond acceptors (Lipinski definition) is 4. The molecule has 4 N–H and O–H groups in total. The molecule has 138 valence electrons. The molecule has 2 aromatic carbocycles. The lowest BCUT2D eigenvalue weighted by molar-refractivity contribution is -0.0497. The molecule has 5 heteroatoms. The van der Waals surface area contributed by atoms with Gasteiger partial charge in [-0.05, 0) is 51.0 Å². The molecule has 0 aliphatic heterocycles. The standard InChI is InChI=1S/C10H13ClO2.C10H14O2/c1-10(2,13)9(12)7-3-5-8(11)6-4-7;1-10(2,12)9(11)8-6-4-3-5-7-8/h3-6,9,12-13H,1-2H3;3-7,9,11-12H,1-2H3. The first kappa shape index (κ1) is 21.6. The summed E-state index contributed by atoms with van der Waals surface area (Å²) < 4.78 is 0. The molecule has 0 spiro atoms. The van der Waals surface area contributed by atoms with Crippen LogP contribution in [0, 0.1) is 0 Å². The quantitative estimate of drug-likeness (QED) is 0.666. The molecule has 2 rings (SSSR count). The Morgan fingerprint density at radius 3 is 1.40 bits per heavy atom. The Balaban J connectivity index is 0.000000251. The molecule has 0 aliphatic carbocycles. The van der Waals surface area contributed by atoms with Crippen molar-refractivity contribution in [2.45, 2.75) is 51.1 Å². The van der Waals surface area contributed by atoms with Gasteiger partial charge in [0.25, 0.3) is 0 Å². The zero-order chi connectivity index (χ0) is 19.3. The van der Waals surface area contributed by atoms with Gasteiger partial charge in [0.2, 0.25) is 0 Å². The van der Waals surface area contributed by atoms with E-state index in [0.29, 0.717) is 10.6 Å². The maximum Gasteiger partial charge on any atom is 0.107 e. The van der Waals surface area contributed by atoms with E-state index in [-0.39, 0.29) is 0 Å². The first-order valence-corrected chi connectivity index (χ1v) is 8.42. The third-order valence-corrected chi connectivity index (χ3v) is 3.89. The Hall–Kier alpha value is -1.43. The van der Waals surface area contributed by atoms with Crippen LogP contribution in [-0.2, 0) is 0 Å². The van der Waals surface area contributed by atoms with Crippen LogP contribution in [0.25, 0.3) is 0 Å². The molecule has 0 aromatic heterocycles. The highest BCUT2D eigenvalue weighted by Crippen LogP contribution is 2.26. The molecule has 0 amide bonds. The molecule has 25 heavy (non-hydrogen) atoms. The van der Waals surface area contributed by atoms with Crippen molar-refractivity contribution in [3.05, 3.63) is 70.7 Å². The van der Waals surface area contributed by atoms with E-state index in [0.717, 1.165) is 5.56 Å². The monoisotopic (exact) mass is 366 g/mol. The Kier molecular flexibility index (Phi) is 7.60. The summed E-state index contributed by atoms with van der Waals surface area (Å²) in [5, 5.41) is 38.9. The average molecular weight is 367 g/mol. The van der Waals surface area contributed by atoms with Crippen molar-refractivity contribution in [1.29, 1.82) is 0 Å².